The Hall–Kier alpha value is -2.54. The maximum atomic E-state index is 14.1. The van der Waals surface area contributed by atoms with E-state index >= 15 is 0 Å². The van der Waals surface area contributed by atoms with E-state index in [2.05, 4.69) is 20.6 Å². The van der Waals surface area contributed by atoms with Crippen LogP contribution in [0.2, 0.25) is 0 Å². The summed E-state index contributed by atoms with van der Waals surface area (Å²) in [5, 5.41) is 26.0. The van der Waals surface area contributed by atoms with Gasteiger partial charge in [0.15, 0.2) is 11.5 Å². The van der Waals surface area contributed by atoms with E-state index in [9.17, 15) is 9.50 Å². The van der Waals surface area contributed by atoms with Gasteiger partial charge in [0.25, 0.3) is 0 Å². The Bertz CT molecular complexity index is 875. The molecule has 6 nitrogen and oxygen atoms in total. The van der Waals surface area contributed by atoms with Crippen LogP contribution in [0.15, 0.2) is 36.4 Å². The summed E-state index contributed by atoms with van der Waals surface area (Å²) in [6.07, 6.45) is 4.17. The molecule has 1 saturated carbocycles. The number of fused-ring (bicyclic) bond motifs is 1. The van der Waals surface area contributed by atoms with E-state index in [4.69, 9.17) is 0 Å². The largest absolute Gasteiger partial charge is 0.391 e. The lowest BCUT2D eigenvalue weighted by Gasteiger charge is -2.18. The first-order valence-electron chi connectivity index (χ1n) is 8.61. The third kappa shape index (κ3) is 3.19. The van der Waals surface area contributed by atoms with Gasteiger partial charge in [-0.05, 0) is 43.0 Å². The number of rotatable bonds is 5. The Balaban J connectivity index is 1.57. The molecule has 2 N–H and O–H groups in total. The van der Waals surface area contributed by atoms with Gasteiger partial charge in [0.1, 0.15) is 11.6 Å². The van der Waals surface area contributed by atoms with Crippen LogP contribution in [0.5, 0.6) is 0 Å². The van der Waals surface area contributed by atoms with Gasteiger partial charge in [-0.25, -0.2) is 4.39 Å². The van der Waals surface area contributed by atoms with E-state index in [1.165, 1.54) is 23.4 Å². The predicted octanol–water partition coefficient (Wildman–Crippen LogP) is 2.89. The molecular formula is C18H20FN5O. The SMILES string of the molecule is OC(CNc1ccc2nnc(-c3ccccc3F)n2n1)C1CCCC1. The summed E-state index contributed by atoms with van der Waals surface area (Å²) < 4.78 is 15.6. The molecule has 0 spiro atoms. The van der Waals surface area contributed by atoms with Crippen LogP contribution in [-0.2, 0) is 0 Å². The molecule has 2 heterocycles. The first kappa shape index (κ1) is 16.0. The summed E-state index contributed by atoms with van der Waals surface area (Å²) in [5.74, 6) is 0.948. The number of benzene rings is 1. The fourth-order valence-electron chi connectivity index (χ4n) is 3.41. The number of hydrogen-bond donors (Lipinski definition) is 2. The third-order valence-electron chi connectivity index (χ3n) is 4.81. The highest BCUT2D eigenvalue weighted by molar-refractivity contribution is 5.60. The summed E-state index contributed by atoms with van der Waals surface area (Å²) in [6, 6.07) is 9.98. The highest BCUT2D eigenvalue weighted by Gasteiger charge is 2.23. The second-order valence-corrected chi connectivity index (χ2v) is 6.48. The van der Waals surface area contributed by atoms with Gasteiger partial charge in [0.2, 0.25) is 0 Å². The van der Waals surface area contributed by atoms with Crippen LogP contribution < -0.4 is 5.32 Å². The van der Waals surface area contributed by atoms with Gasteiger partial charge in [-0.15, -0.1) is 15.3 Å². The molecule has 1 aliphatic carbocycles. The van der Waals surface area contributed by atoms with Crippen LogP contribution in [0.4, 0.5) is 10.2 Å². The zero-order chi connectivity index (χ0) is 17.2. The number of nitrogens with zero attached hydrogens (tertiary/aromatic N) is 4. The van der Waals surface area contributed by atoms with E-state index in [0.29, 0.717) is 35.3 Å². The lowest BCUT2D eigenvalue weighted by molar-refractivity contribution is 0.122. The monoisotopic (exact) mass is 341 g/mol. The van der Waals surface area contributed by atoms with Crippen LogP contribution in [0.25, 0.3) is 17.0 Å². The molecule has 130 valence electrons. The van der Waals surface area contributed by atoms with Crippen molar-refractivity contribution in [1.29, 1.82) is 0 Å². The molecule has 1 atom stereocenters. The Morgan fingerprint density at radius 3 is 2.76 bits per heavy atom. The fraction of sp³-hybridized carbons (Fsp3) is 0.389. The van der Waals surface area contributed by atoms with Gasteiger partial charge in [-0.2, -0.15) is 4.52 Å². The molecule has 0 saturated heterocycles. The number of aromatic nitrogens is 4. The summed E-state index contributed by atoms with van der Waals surface area (Å²) in [7, 11) is 0. The molecule has 1 unspecified atom stereocenters. The van der Waals surface area contributed by atoms with Crippen molar-refractivity contribution in [2.24, 2.45) is 5.92 Å². The zero-order valence-corrected chi connectivity index (χ0v) is 13.8. The van der Waals surface area contributed by atoms with E-state index in [0.717, 1.165) is 12.8 Å². The minimum atomic E-state index is -0.382. The second-order valence-electron chi connectivity index (χ2n) is 6.48. The standard InChI is InChI=1S/C18H20FN5O/c19-14-8-4-3-7-13(14)18-22-21-17-10-9-16(23-24(17)18)20-11-15(25)12-5-1-2-6-12/h3-4,7-10,12,15,25H,1-2,5-6,11H2,(H,20,23). The topological polar surface area (TPSA) is 75.3 Å². The van der Waals surface area contributed by atoms with Crippen molar-refractivity contribution < 1.29 is 9.50 Å². The van der Waals surface area contributed by atoms with Crippen molar-refractivity contribution in [3.8, 4) is 11.4 Å². The molecule has 0 amide bonds. The molecule has 1 fully saturated rings. The van der Waals surface area contributed by atoms with Crippen LogP contribution in [-0.4, -0.2) is 37.6 Å². The maximum absolute atomic E-state index is 14.1. The summed E-state index contributed by atoms with van der Waals surface area (Å²) in [6.45, 7) is 0.445. The molecule has 25 heavy (non-hydrogen) atoms. The molecule has 0 bridgehead atoms. The molecule has 0 radical (unpaired) electrons. The van der Waals surface area contributed by atoms with E-state index in [1.54, 1.807) is 30.3 Å². The van der Waals surface area contributed by atoms with Gasteiger partial charge < -0.3 is 10.4 Å². The number of hydrogen-bond acceptors (Lipinski definition) is 5. The zero-order valence-electron chi connectivity index (χ0n) is 13.8. The number of nitrogens with one attached hydrogen (secondary N) is 1. The molecule has 2 aromatic heterocycles. The van der Waals surface area contributed by atoms with Gasteiger partial charge in [0, 0.05) is 6.54 Å². The van der Waals surface area contributed by atoms with Crippen LogP contribution in [0.1, 0.15) is 25.7 Å². The fourth-order valence-corrected chi connectivity index (χ4v) is 3.41. The number of halogens is 1. The molecule has 0 aliphatic heterocycles. The highest BCUT2D eigenvalue weighted by atomic mass is 19.1. The van der Waals surface area contributed by atoms with Crippen LogP contribution in [0, 0.1) is 11.7 Å². The summed E-state index contributed by atoms with van der Waals surface area (Å²) >= 11 is 0. The second kappa shape index (κ2) is 6.76. The van der Waals surface area contributed by atoms with Gasteiger partial charge >= 0.3 is 0 Å². The Kier molecular flexibility index (Phi) is 4.31. The molecule has 4 rings (SSSR count). The average Bonchev–Trinajstić information content (AvgIpc) is 3.30. The third-order valence-corrected chi connectivity index (χ3v) is 4.81. The first-order chi connectivity index (χ1) is 12.2. The molecule has 1 aromatic carbocycles. The minimum Gasteiger partial charge on any atom is -0.391 e. The van der Waals surface area contributed by atoms with E-state index in [1.807, 2.05) is 0 Å². The normalized spacial score (nSPS) is 16.4. The van der Waals surface area contributed by atoms with Crippen molar-refractivity contribution in [1.82, 2.24) is 19.8 Å². The van der Waals surface area contributed by atoms with Crippen molar-refractivity contribution in [2.75, 3.05) is 11.9 Å². The summed E-state index contributed by atoms with van der Waals surface area (Å²) in [5.41, 5.74) is 0.894. The smallest absolute Gasteiger partial charge is 0.188 e. The van der Waals surface area contributed by atoms with Crippen LogP contribution in [0.3, 0.4) is 0 Å². The molecule has 7 heteroatoms. The quantitative estimate of drug-likeness (QED) is 0.746. The van der Waals surface area contributed by atoms with Crippen molar-refractivity contribution in [3.05, 3.63) is 42.2 Å². The Morgan fingerprint density at radius 2 is 1.96 bits per heavy atom. The van der Waals surface area contributed by atoms with Crippen molar-refractivity contribution in [3.63, 3.8) is 0 Å². The number of anilines is 1. The molecular weight excluding hydrogens is 321 g/mol. The lowest BCUT2D eigenvalue weighted by Crippen LogP contribution is -2.27. The highest BCUT2D eigenvalue weighted by Crippen LogP contribution is 2.28. The summed E-state index contributed by atoms with van der Waals surface area (Å²) in [4.78, 5) is 0. The number of aliphatic hydroxyl groups excluding tert-OH is 1. The predicted molar refractivity (Wildman–Crippen MR) is 92.6 cm³/mol. The van der Waals surface area contributed by atoms with Crippen molar-refractivity contribution in [2.45, 2.75) is 31.8 Å². The lowest BCUT2D eigenvalue weighted by atomic mass is 10.0. The van der Waals surface area contributed by atoms with E-state index in [-0.39, 0.29) is 11.9 Å². The van der Waals surface area contributed by atoms with Gasteiger partial charge in [-0.1, -0.05) is 25.0 Å². The molecule has 3 aromatic rings. The maximum Gasteiger partial charge on any atom is 0.188 e. The van der Waals surface area contributed by atoms with Crippen LogP contribution >= 0.6 is 0 Å². The average molecular weight is 341 g/mol. The number of aliphatic hydroxyl groups is 1. The Labute approximate surface area is 144 Å². The Morgan fingerprint density at radius 1 is 1.16 bits per heavy atom. The van der Waals surface area contributed by atoms with Gasteiger partial charge in [-0.3, -0.25) is 0 Å². The minimum absolute atomic E-state index is 0.352. The van der Waals surface area contributed by atoms with Gasteiger partial charge in [0.05, 0.1) is 11.7 Å². The first-order valence-corrected chi connectivity index (χ1v) is 8.61. The molecule has 1 aliphatic rings. The van der Waals surface area contributed by atoms with E-state index < -0.39 is 0 Å². The van der Waals surface area contributed by atoms with Crippen molar-refractivity contribution >= 4 is 11.5 Å².